The number of hydrogen-bond donors (Lipinski definition) is 1. The van der Waals surface area contributed by atoms with E-state index in [1.165, 1.54) is 0 Å². The summed E-state index contributed by atoms with van der Waals surface area (Å²) >= 11 is 0. The van der Waals surface area contributed by atoms with Crippen molar-refractivity contribution >= 4 is 21.7 Å². The van der Waals surface area contributed by atoms with Crippen LogP contribution in [0, 0.1) is 5.92 Å². The Hall–Kier alpha value is -1.26. The first-order chi connectivity index (χ1) is 8.70. The van der Waals surface area contributed by atoms with Crippen LogP contribution in [-0.4, -0.2) is 21.5 Å². The average Bonchev–Trinajstić information content (AvgIpc) is 2.39. The second-order valence-electron chi connectivity index (χ2n) is 4.58. The largest absolute Gasteiger partial charge is 0.330 e. The number of rotatable bonds is 5. The van der Waals surface area contributed by atoms with Gasteiger partial charge in [-0.1, -0.05) is 31.2 Å². The molecule has 0 aliphatic carbocycles. The smallest absolute Gasteiger partial charge is 0.0743 e. The Balaban J connectivity index is 2.19. The Labute approximate surface area is 110 Å². The molecule has 0 aliphatic rings. The molecule has 2 rings (SSSR count). The molecule has 1 heterocycles. The Morgan fingerprint density at radius 2 is 2.11 bits per heavy atom. The lowest BCUT2D eigenvalue weighted by Crippen LogP contribution is -2.18. The van der Waals surface area contributed by atoms with Crippen LogP contribution in [-0.2, 0) is 16.6 Å². The van der Waals surface area contributed by atoms with Gasteiger partial charge in [-0.2, -0.15) is 0 Å². The van der Waals surface area contributed by atoms with Crippen molar-refractivity contribution in [1.82, 2.24) is 4.98 Å². The zero-order valence-corrected chi connectivity index (χ0v) is 11.3. The van der Waals surface area contributed by atoms with Gasteiger partial charge in [-0.15, -0.1) is 0 Å². The highest BCUT2D eigenvalue weighted by molar-refractivity contribution is 7.84. The number of fused-ring (bicyclic) bond motifs is 1. The van der Waals surface area contributed by atoms with Gasteiger partial charge in [0.15, 0.2) is 0 Å². The second-order valence-corrected chi connectivity index (χ2v) is 6.09. The van der Waals surface area contributed by atoms with Crippen LogP contribution in [0.3, 0.4) is 0 Å². The summed E-state index contributed by atoms with van der Waals surface area (Å²) in [6.07, 6.45) is 1.78. The molecule has 0 radical (unpaired) electrons. The summed E-state index contributed by atoms with van der Waals surface area (Å²) in [6, 6.07) is 9.96. The van der Waals surface area contributed by atoms with Gasteiger partial charge in [0.2, 0.25) is 0 Å². The third-order valence-electron chi connectivity index (χ3n) is 2.91. The molecule has 2 aromatic rings. The lowest BCUT2D eigenvalue weighted by molar-refractivity contribution is 0.640. The van der Waals surface area contributed by atoms with E-state index in [1.54, 1.807) is 6.20 Å². The summed E-state index contributed by atoms with van der Waals surface area (Å²) in [7, 11) is -0.877. The third-order valence-corrected chi connectivity index (χ3v) is 4.48. The van der Waals surface area contributed by atoms with E-state index >= 15 is 0 Å². The van der Waals surface area contributed by atoms with E-state index in [4.69, 9.17) is 5.73 Å². The van der Waals surface area contributed by atoms with E-state index in [0.717, 1.165) is 16.5 Å². The minimum absolute atomic E-state index is 0.300. The minimum Gasteiger partial charge on any atom is -0.330 e. The van der Waals surface area contributed by atoms with Crippen molar-refractivity contribution in [3.63, 3.8) is 0 Å². The van der Waals surface area contributed by atoms with Crippen LogP contribution in [0.15, 0.2) is 36.5 Å². The normalized spacial score (nSPS) is 14.6. The summed E-state index contributed by atoms with van der Waals surface area (Å²) in [5, 5.41) is 1.10. The Morgan fingerprint density at radius 1 is 1.33 bits per heavy atom. The summed E-state index contributed by atoms with van der Waals surface area (Å²) < 4.78 is 12.1. The van der Waals surface area contributed by atoms with Crippen LogP contribution in [0.25, 0.3) is 10.9 Å². The molecule has 0 spiro atoms. The summed E-state index contributed by atoms with van der Waals surface area (Å²) in [5.74, 6) is 1.51. The molecular weight excluding hydrogens is 244 g/mol. The first kappa shape index (κ1) is 13.2. The summed E-state index contributed by atoms with van der Waals surface area (Å²) in [6.45, 7) is 2.61. The van der Waals surface area contributed by atoms with Gasteiger partial charge in [0, 0.05) is 28.1 Å². The molecule has 2 N–H and O–H groups in total. The molecule has 96 valence electrons. The van der Waals surface area contributed by atoms with Crippen LogP contribution in [0.2, 0.25) is 0 Å². The van der Waals surface area contributed by atoms with Gasteiger partial charge in [0.05, 0.1) is 11.3 Å². The monoisotopic (exact) mass is 262 g/mol. The predicted molar refractivity (Wildman–Crippen MR) is 76.7 cm³/mol. The first-order valence-corrected chi connectivity index (χ1v) is 7.57. The van der Waals surface area contributed by atoms with Gasteiger partial charge in [0.25, 0.3) is 0 Å². The molecule has 0 bridgehead atoms. The Bertz CT molecular complexity index is 551. The van der Waals surface area contributed by atoms with Crippen molar-refractivity contribution in [3.05, 3.63) is 42.1 Å². The SMILES string of the molecule is CC(CN)CS(=O)Cc1cccc2cccnc12. The summed E-state index contributed by atoms with van der Waals surface area (Å²) in [5.41, 5.74) is 7.56. The molecule has 0 fully saturated rings. The molecule has 2 unspecified atom stereocenters. The van der Waals surface area contributed by atoms with Gasteiger partial charge >= 0.3 is 0 Å². The Morgan fingerprint density at radius 3 is 2.89 bits per heavy atom. The quantitative estimate of drug-likeness (QED) is 0.897. The zero-order chi connectivity index (χ0) is 13.0. The molecule has 0 saturated carbocycles. The molecule has 1 aromatic carbocycles. The third kappa shape index (κ3) is 3.15. The minimum atomic E-state index is -0.877. The highest BCUT2D eigenvalue weighted by Gasteiger charge is 2.09. The van der Waals surface area contributed by atoms with Crippen molar-refractivity contribution in [2.45, 2.75) is 12.7 Å². The van der Waals surface area contributed by atoms with Crippen LogP contribution < -0.4 is 5.73 Å². The maximum Gasteiger partial charge on any atom is 0.0743 e. The highest BCUT2D eigenvalue weighted by Crippen LogP contribution is 2.17. The van der Waals surface area contributed by atoms with E-state index in [2.05, 4.69) is 4.98 Å². The molecule has 4 heteroatoms. The topological polar surface area (TPSA) is 56.0 Å². The Kier molecular flexibility index (Phi) is 4.44. The standard InChI is InChI=1S/C14H18N2OS/c1-11(8-15)9-18(17)10-13-5-2-4-12-6-3-7-16-14(12)13/h2-7,11H,8-10,15H2,1H3. The fourth-order valence-electron chi connectivity index (χ4n) is 1.90. The van der Waals surface area contributed by atoms with Crippen molar-refractivity contribution in [1.29, 1.82) is 0 Å². The number of aromatic nitrogens is 1. The number of nitrogens with two attached hydrogens (primary N) is 1. The van der Waals surface area contributed by atoms with Crippen molar-refractivity contribution in [2.75, 3.05) is 12.3 Å². The van der Waals surface area contributed by atoms with E-state index in [1.807, 2.05) is 37.3 Å². The van der Waals surface area contributed by atoms with E-state index < -0.39 is 10.8 Å². The van der Waals surface area contributed by atoms with Crippen LogP contribution in [0.5, 0.6) is 0 Å². The number of benzene rings is 1. The van der Waals surface area contributed by atoms with Crippen molar-refractivity contribution < 1.29 is 4.21 Å². The van der Waals surface area contributed by atoms with Crippen LogP contribution in [0.1, 0.15) is 12.5 Å². The van der Waals surface area contributed by atoms with E-state index in [0.29, 0.717) is 24.0 Å². The highest BCUT2D eigenvalue weighted by atomic mass is 32.2. The lowest BCUT2D eigenvalue weighted by Gasteiger charge is -2.09. The molecule has 0 amide bonds. The van der Waals surface area contributed by atoms with Crippen LogP contribution in [0.4, 0.5) is 0 Å². The van der Waals surface area contributed by atoms with Gasteiger partial charge in [0.1, 0.15) is 0 Å². The number of hydrogen-bond acceptors (Lipinski definition) is 3. The number of pyridine rings is 1. The summed E-state index contributed by atoms with van der Waals surface area (Å²) in [4.78, 5) is 4.37. The molecule has 2 atom stereocenters. The number of para-hydroxylation sites is 1. The van der Waals surface area contributed by atoms with E-state index in [9.17, 15) is 4.21 Å². The molecule has 18 heavy (non-hydrogen) atoms. The van der Waals surface area contributed by atoms with Gasteiger partial charge < -0.3 is 5.73 Å². The van der Waals surface area contributed by atoms with Gasteiger partial charge in [-0.3, -0.25) is 9.19 Å². The average molecular weight is 262 g/mol. The molecule has 0 saturated heterocycles. The van der Waals surface area contributed by atoms with Gasteiger partial charge in [-0.05, 0) is 24.1 Å². The molecule has 3 nitrogen and oxygen atoms in total. The van der Waals surface area contributed by atoms with Gasteiger partial charge in [-0.25, -0.2) is 0 Å². The van der Waals surface area contributed by atoms with Crippen molar-refractivity contribution in [3.8, 4) is 0 Å². The predicted octanol–water partition coefficient (Wildman–Crippen LogP) is 2.08. The maximum atomic E-state index is 12.1. The lowest BCUT2D eigenvalue weighted by atomic mass is 10.1. The first-order valence-electron chi connectivity index (χ1n) is 6.08. The fourth-order valence-corrected chi connectivity index (χ4v) is 3.37. The molecule has 1 aromatic heterocycles. The molecular formula is C14H18N2OS. The molecule has 0 aliphatic heterocycles. The number of nitrogens with zero attached hydrogens (tertiary/aromatic N) is 1. The zero-order valence-electron chi connectivity index (χ0n) is 10.5. The second kappa shape index (κ2) is 6.07. The van der Waals surface area contributed by atoms with Crippen LogP contribution >= 0.6 is 0 Å². The maximum absolute atomic E-state index is 12.1. The fraction of sp³-hybridized carbons (Fsp3) is 0.357. The van der Waals surface area contributed by atoms with E-state index in [-0.39, 0.29) is 0 Å². The van der Waals surface area contributed by atoms with Crippen molar-refractivity contribution in [2.24, 2.45) is 11.7 Å².